The van der Waals surface area contributed by atoms with Crippen molar-refractivity contribution in [3.8, 4) is 0 Å². The molecule has 0 N–H and O–H groups in total. The summed E-state index contributed by atoms with van der Waals surface area (Å²) in [6.45, 7) is 5.71. The molecule has 0 saturated carbocycles. The molecule has 0 unspecified atom stereocenters. The maximum absolute atomic E-state index is 4.18. The molecular weight excluding hydrogens is 110 g/mol. The van der Waals surface area contributed by atoms with E-state index in [4.69, 9.17) is 0 Å². The minimum Gasteiger partial charge on any atom is -0.234 e. The van der Waals surface area contributed by atoms with Crippen LogP contribution in [0.5, 0.6) is 0 Å². The Kier molecular flexibility index (Phi) is 6.98. The first-order chi connectivity index (χ1) is 4.41. The first kappa shape index (κ1) is 8.44. The molecule has 1 nitrogen and oxygen atoms in total. The third kappa shape index (κ3) is 7.44. The van der Waals surface area contributed by atoms with E-state index in [1.807, 2.05) is 38.2 Å². The van der Waals surface area contributed by atoms with Crippen molar-refractivity contribution in [3.63, 3.8) is 0 Å². The van der Waals surface area contributed by atoms with Gasteiger partial charge in [-0.1, -0.05) is 24.3 Å². The topological polar surface area (TPSA) is 14.1 Å². The Hall–Kier alpha value is -0.560. The zero-order chi connectivity index (χ0) is 6.95. The summed E-state index contributed by atoms with van der Waals surface area (Å²) in [5.74, 6) is 0. The summed E-state index contributed by atoms with van der Waals surface area (Å²) < 4.78 is 0. The van der Waals surface area contributed by atoms with Crippen LogP contribution in [0.4, 0.5) is 0 Å². The second kappa shape index (κ2) is 7.44. The van der Waals surface area contributed by atoms with Gasteiger partial charge in [-0.3, -0.25) is 0 Å². The Morgan fingerprint density at radius 3 is 1.78 bits per heavy atom. The van der Waals surface area contributed by atoms with Crippen LogP contribution in [0.15, 0.2) is 24.3 Å². The molecule has 0 heterocycles. The summed E-state index contributed by atoms with van der Waals surface area (Å²) in [6, 6.07) is 0. The van der Waals surface area contributed by atoms with Crippen LogP contribution >= 0.6 is 0 Å². The Morgan fingerprint density at radius 1 is 1.00 bits per heavy atom. The lowest BCUT2D eigenvalue weighted by Gasteiger charge is -1.89. The molecule has 0 rings (SSSR count). The molecule has 0 aromatic rings. The molecule has 1 radical (unpaired) electrons. The highest BCUT2D eigenvalue weighted by Gasteiger charge is 1.75. The second-order valence-electron chi connectivity index (χ2n) is 1.73. The zero-order valence-corrected chi connectivity index (χ0v) is 6.17. The molecule has 0 aromatic heterocycles. The first-order valence-electron chi connectivity index (χ1n) is 3.27. The molecule has 0 bridgehead atoms. The van der Waals surface area contributed by atoms with E-state index in [2.05, 4.69) is 5.32 Å². The van der Waals surface area contributed by atoms with Gasteiger partial charge in [-0.05, 0) is 13.8 Å². The van der Waals surface area contributed by atoms with E-state index < -0.39 is 0 Å². The van der Waals surface area contributed by atoms with Crippen molar-refractivity contribution in [3.05, 3.63) is 24.3 Å². The molecular formula is C8H14N. The lowest BCUT2D eigenvalue weighted by molar-refractivity contribution is 0.822. The van der Waals surface area contributed by atoms with E-state index in [0.29, 0.717) is 0 Å². The van der Waals surface area contributed by atoms with Gasteiger partial charge in [0.25, 0.3) is 0 Å². The van der Waals surface area contributed by atoms with Gasteiger partial charge in [0, 0.05) is 13.1 Å². The van der Waals surface area contributed by atoms with Crippen LogP contribution in [0, 0.1) is 0 Å². The van der Waals surface area contributed by atoms with Gasteiger partial charge in [0.15, 0.2) is 0 Å². The van der Waals surface area contributed by atoms with E-state index in [1.165, 1.54) is 0 Å². The van der Waals surface area contributed by atoms with E-state index in [1.54, 1.807) is 0 Å². The normalized spacial score (nSPS) is 11.8. The molecule has 0 fully saturated rings. The van der Waals surface area contributed by atoms with Gasteiger partial charge in [0.2, 0.25) is 0 Å². The van der Waals surface area contributed by atoms with Crippen LogP contribution in [0.25, 0.3) is 0 Å². The quantitative estimate of drug-likeness (QED) is 0.400. The summed E-state index contributed by atoms with van der Waals surface area (Å²) in [7, 11) is 0. The van der Waals surface area contributed by atoms with Crippen LogP contribution in [0.2, 0.25) is 0 Å². The molecule has 1 heteroatoms. The third-order valence-corrected chi connectivity index (χ3v) is 0.940. The minimum absolute atomic E-state index is 0.848. The highest BCUT2D eigenvalue weighted by molar-refractivity contribution is 4.83. The van der Waals surface area contributed by atoms with Crippen LogP contribution in [0.1, 0.15) is 13.8 Å². The molecule has 9 heavy (non-hydrogen) atoms. The highest BCUT2D eigenvalue weighted by atomic mass is 14.8. The van der Waals surface area contributed by atoms with Gasteiger partial charge in [0.05, 0.1) is 0 Å². The van der Waals surface area contributed by atoms with Crippen LogP contribution in [0.3, 0.4) is 0 Å². The number of hydrogen-bond donors (Lipinski definition) is 0. The standard InChI is InChI=1S/C8H14N/c1-3-5-7-9-8-6-4-2/h3-6H,7-8H2,1-2H3/b5-3+,6-4+. The van der Waals surface area contributed by atoms with Gasteiger partial charge in [-0.25, -0.2) is 5.32 Å². The summed E-state index contributed by atoms with van der Waals surface area (Å²) in [5, 5.41) is 4.18. The average Bonchev–Trinajstić information content (AvgIpc) is 1.89. The van der Waals surface area contributed by atoms with Gasteiger partial charge in [0.1, 0.15) is 0 Å². The molecule has 0 aliphatic rings. The first-order valence-corrected chi connectivity index (χ1v) is 3.27. The summed E-state index contributed by atoms with van der Waals surface area (Å²) in [6.07, 6.45) is 8.12. The van der Waals surface area contributed by atoms with Crippen molar-refractivity contribution in [2.45, 2.75) is 13.8 Å². The van der Waals surface area contributed by atoms with Crippen molar-refractivity contribution >= 4 is 0 Å². The fourth-order valence-corrected chi connectivity index (χ4v) is 0.434. The van der Waals surface area contributed by atoms with Crippen molar-refractivity contribution in [2.24, 2.45) is 0 Å². The monoisotopic (exact) mass is 124 g/mol. The molecule has 0 atom stereocenters. The van der Waals surface area contributed by atoms with Crippen LogP contribution in [-0.2, 0) is 0 Å². The van der Waals surface area contributed by atoms with E-state index in [-0.39, 0.29) is 0 Å². The van der Waals surface area contributed by atoms with Crippen molar-refractivity contribution in [2.75, 3.05) is 13.1 Å². The van der Waals surface area contributed by atoms with Gasteiger partial charge in [-0.15, -0.1) is 0 Å². The van der Waals surface area contributed by atoms with E-state index in [0.717, 1.165) is 13.1 Å². The predicted molar refractivity (Wildman–Crippen MR) is 41.5 cm³/mol. The fraction of sp³-hybridized carbons (Fsp3) is 0.500. The number of rotatable bonds is 4. The van der Waals surface area contributed by atoms with Gasteiger partial charge >= 0.3 is 0 Å². The molecule has 0 aliphatic heterocycles. The Labute approximate surface area is 57.5 Å². The fourth-order valence-electron chi connectivity index (χ4n) is 0.434. The van der Waals surface area contributed by atoms with Crippen LogP contribution < -0.4 is 5.32 Å². The Balaban J connectivity index is 2.91. The SMILES string of the molecule is C/C=C/C[N]C/C=C/C. The molecule has 0 saturated heterocycles. The Bertz CT molecular complexity index is 80.7. The summed E-state index contributed by atoms with van der Waals surface area (Å²) >= 11 is 0. The molecule has 0 aliphatic carbocycles. The highest BCUT2D eigenvalue weighted by Crippen LogP contribution is 1.71. The largest absolute Gasteiger partial charge is 0.234 e. The predicted octanol–water partition coefficient (Wildman–Crippen LogP) is 1.74. The van der Waals surface area contributed by atoms with Crippen molar-refractivity contribution in [1.29, 1.82) is 0 Å². The molecule has 0 aromatic carbocycles. The maximum atomic E-state index is 4.18. The number of allylic oxidation sites excluding steroid dienone is 2. The van der Waals surface area contributed by atoms with Crippen molar-refractivity contribution < 1.29 is 0 Å². The molecule has 51 valence electrons. The molecule has 0 amide bonds. The number of nitrogens with zero attached hydrogens (tertiary/aromatic N) is 1. The van der Waals surface area contributed by atoms with Crippen molar-refractivity contribution in [1.82, 2.24) is 5.32 Å². The van der Waals surface area contributed by atoms with Gasteiger partial charge < -0.3 is 0 Å². The smallest absolute Gasteiger partial charge is 0.0317 e. The lowest BCUT2D eigenvalue weighted by Crippen LogP contribution is -2.03. The van der Waals surface area contributed by atoms with E-state index in [9.17, 15) is 0 Å². The Morgan fingerprint density at radius 2 is 1.44 bits per heavy atom. The molecule has 0 spiro atoms. The third-order valence-electron chi connectivity index (χ3n) is 0.940. The summed E-state index contributed by atoms with van der Waals surface area (Å²) in [4.78, 5) is 0. The summed E-state index contributed by atoms with van der Waals surface area (Å²) in [5.41, 5.74) is 0. The zero-order valence-electron chi connectivity index (χ0n) is 6.17. The second-order valence-corrected chi connectivity index (χ2v) is 1.73. The van der Waals surface area contributed by atoms with Gasteiger partial charge in [-0.2, -0.15) is 0 Å². The lowest BCUT2D eigenvalue weighted by atomic mass is 10.5. The maximum Gasteiger partial charge on any atom is 0.0317 e. The van der Waals surface area contributed by atoms with E-state index >= 15 is 0 Å². The number of hydrogen-bond acceptors (Lipinski definition) is 0. The minimum atomic E-state index is 0.848. The van der Waals surface area contributed by atoms with Crippen LogP contribution in [-0.4, -0.2) is 13.1 Å². The average molecular weight is 124 g/mol.